The number of rotatable bonds is 10. The van der Waals surface area contributed by atoms with Crippen molar-refractivity contribution >= 4 is 11.8 Å². The SMILES string of the molecule is CC.CCCCNC(=O)CCC(=O)N(C)CCCC(C)C. The van der Waals surface area contributed by atoms with E-state index in [9.17, 15) is 9.59 Å². The number of nitrogens with one attached hydrogen (secondary N) is 1. The minimum absolute atomic E-state index is 0.0163. The number of hydrogen-bond acceptors (Lipinski definition) is 2. The Kier molecular flexibility index (Phi) is 16.2. The summed E-state index contributed by atoms with van der Waals surface area (Å²) >= 11 is 0. The molecule has 4 nitrogen and oxygen atoms in total. The molecule has 0 saturated heterocycles. The van der Waals surface area contributed by atoms with Crippen molar-refractivity contribution in [3.05, 3.63) is 0 Å². The van der Waals surface area contributed by atoms with E-state index in [0.717, 1.165) is 32.2 Å². The number of carbonyl (C=O) groups is 2. The van der Waals surface area contributed by atoms with Crippen LogP contribution in [0.4, 0.5) is 0 Å². The molecule has 0 fully saturated rings. The highest BCUT2D eigenvalue weighted by molar-refractivity contribution is 5.83. The summed E-state index contributed by atoms with van der Waals surface area (Å²) in [6.45, 7) is 12.0. The van der Waals surface area contributed by atoms with Gasteiger partial charge in [0.05, 0.1) is 0 Å². The van der Waals surface area contributed by atoms with Crippen LogP contribution in [0.5, 0.6) is 0 Å². The van der Waals surface area contributed by atoms with Crippen LogP contribution < -0.4 is 5.32 Å². The van der Waals surface area contributed by atoms with E-state index in [4.69, 9.17) is 0 Å². The summed E-state index contributed by atoms with van der Waals surface area (Å²) in [4.78, 5) is 25.0. The summed E-state index contributed by atoms with van der Waals surface area (Å²) in [5.74, 6) is 0.722. The number of carbonyl (C=O) groups excluding carboxylic acids is 2. The van der Waals surface area contributed by atoms with E-state index in [2.05, 4.69) is 26.1 Å². The maximum atomic E-state index is 11.8. The molecule has 21 heavy (non-hydrogen) atoms. The number of amides is 2. The van der Waals surface area contributed by atoms with Gasteiger partial charge in [-0.05, 0) is 25.2 Å². The second-order valence-corrected chi connectivity index (χ2v) is 5.55. The highest BCUT2D eigenvalue weighted by Gasteiger charge is 2.11. The van der Waals surface area contributed by atoms with Gasteiger partial charge >= 0.3 is 0 Å². The van der Waals surface area contributed by atoms with Gasteiger partial charge in [-0.2, -0.15) is 0 Å². The third-order valence-corrected chi connectivity index (χ3v) is 3.12. The van der Waals surface area contributed by atoms with Gasteiger partial charge in [-0.3, -0.25) is 9.59 Å². The summed E-state index contributed by atoms with van der Waals surface area (Å²) in [5.41, 5.74) is 0. The van der Waals surface area contributed by atoms with Crippen molar-refractivity contribution in [1.82, 2.24) is 10.2 Å². The third-order valence-electron chi connectivity index (χ3n) is 3.12. The Balaban J connectivity index is 0. The Morgan fingerprint density at radius 1 is 1.10 bits per heavy atom. The molecule has 0 saturated carbocycles. The summed E-state index contributed by atoms with van der Waals surface area (Å²) in [7, 11) is 1.82. The van der Waals surface area contributed by atoms with Crippen LogP contribution in [0, 0.1) is 5.92 Å². The van der Waals surface area contributed by atoms with Crippen molar-refractivity contribution in [3.8, 4) is 0 Å². The van der Waals surface area contributed by atoms with Gasteiger partial charge in [0.25, 0.3) is 0 Å². The molecule has 0 bridgehead atoms. The summed E-state index contributed by atoms with van der Waals surface area (Å²) in [6.07, 6.45) is 4.84. The van der Waals surface area contributed by atoms with E-state index in [1.54, 1.807) is 4.90 Å². The molecule has 0 rings (SSSR count). The molecule has 0 aromatic heterocycles. The predicted octanol–water partition coefficient (Wildman–Crippen LogP) is 3.60. The van der Waals surface area contributed by atoms with Crippen LogP contribution in [0.3, 0.4) is 0 Å². The zero-order chi connectivity index (χ0) is 16.7. The van der Waals surface area contributed by atoms with Crippen LogP contribution >= 0.6 is 0 Å². The smallest absolute Gasteiger partial charge is 0.222 e. The molecule has 126 valence electrons. The monoisotopic (exact) mass is 300 g/mol. The number of unbranched alkanes of at least 4 members (excludes halogenated alkanes) is 1. The highest BCUT2D eigenvalue weighted by atomic mass is 16.2. The van der Waals surface area contributed by atoms with Crippen LogP contribution in [0.25, 0.3) is 0 Å². The first-order valence-electron chi connectivity index (χ1n) is 8.48. The Morgan fingerprint density at radius 3 is 2.24 bits per heavy atom. The van der Waals surface area contributed by atoms with Gasteiger partial charge in [0, 0.05) is 33.0 Å². The van der Waals surface area contributed by atoms with Crippen molar-refractivity contribution in [1.29, 1.82) is 0 Å². The van der Waals surface area contributed by atoms with Gasteiger partial charge in [0.1, 0.15) is 0 Å². The largest absolute Gasteiger partial charge is 0.356 e. The van der Waals surface area contributed by atoms with Crippen molar-refractivity contribution in [3.63, 3.8) is 0 Å². The Bertz CT molecular complexity index is 266. The molecule has 4 heteroatoms. The molecular formula is C17H36N2O2. The summed E-state index contributed by atoms with van der Waals surface area (Å²) in [5, 5.41) is 2.83. The molecule has 2 amide bonds. The van der Waals surface area contributed by atoms with Gasteiger partial charge in [-0.15, -0.1) is 0 Å². The molecule has 0 heterocycles. The van der Waals surface area contributed by atoms with Crippen molar-refractivity contribution < 1.29 is 9.59 Å². The topological polar surface area (TPSA) is 49.4 Å². The highest BCUT2D eigenvalue weighted by Crippen LogP contribution is 2.05. The van der Waals surface area contributed by atoms with Crippen LogP contribution in [-0.4, -0.2) is 36.9 Å². The molecule has 0 aliphatic rings. The first kappa shape index (κ1) is 22.2. The zero-order valence-corrected chi connectivity index (χ0v) is 15.0. The quantitative estimate of drug-likeness (QED) is 0.627. The summed E-state index contributed by atoms with van der Waals surface area (Å²) < 4.78 is 0. The third kappa shape index (κ3) is 15.2. The summed E-state index contributed by atoms with van der Waals surface area (Å²) in [6, 6.07) is 0. The fourth-order valence-corrected chi connectivity index (χ4v) is 1.77. The molecule has 1 N–H and O–H groups in total. The molecule has 0 radical (unpaired) electrons. The van der Waals surface area contributed by atoms with Gasteiger partial charge in [-0.1, -0.05) is 41.0 Å². The fraction of sp³-hybridized carbons (Fsp3) is 0.882. The van der Waals surface area contributed by atoms with E-state index < -0.39 is 0 Å². The second kappa shape index (κ2) is 15.3. The van der Waals surface area contributed by atoms with Gasteiger partial charge in [0.15, 0.2) is 0 Å². The average molecular weight is 300 g/mol. The first-order chi connectivity index (χ1) is 9.97. The molecule has 0 atom stereocenters. The zero-order valence-electron chi connectivity index (χ0n) is 15.0. The first-order valence-corrected chi connectivity index (χ1v) is 8.48. The van der Waals surface area contributed by atoms with Crippen molar-refractivity contribution in [2.24, 2.45) is 5.92 Å². The van der Waals surface area contributed by atoms with Crippen LogP contribution in [0.15, 0.2) is 0 Å². The molecular weight excluding hydrogens is 264 g/mol. The number of nitrogens with zero attached hydrogens (tertiary/aromatic N) is 1. The molecule has 0 aromatic carbocycles. The normalized spacial score (nSPS) is 9.86. The molecule has 0 aromatic rings. The van der Waals surface area contributed by atoms with Gasteiger partial charge in [-0.25, -0.2) is 0 Å². The van der Waals surface area contributed by atoms with E-state index in [0.29, 0.717) is 25.3 Å². The van der Waals surface area contributed by atoms with E-state index in [-0.39, 0.29) is 11.8 Å². The fourth-order valence-electron chi connectivity index (χ4n) is 1.77. The van der Waals surface area contributed by atoms with Crippen LogP contribution in [-0.2, 0) is 9.59 Å². The average Bonchev–Trinajstić information content (AvgIpc) is 2.46. The number of hydrogen-bond donors (Lipinski definition) is 1. The van der Waals surface area contributed by atoms with Crippen molar-refractivity contribution in [2.75, 3.05) is 20.1 Å². The Morgan fingerprint density at radius 2 is 1.71 bits per heavy atom. The lowest BCUT2D eigenvalue weighted by Crippen LogP contribution is -2.30. The molecule has 0 aliphatic carbocycles. The van der Waals surface area contributed by atoms with Gasteiger partial charge < -0.3 is 10.2 Å². The lowest BCUT2D eigenvalue weighted by molar-refractivity contribution is -0.132. The second-order valence-electron chi connectivity index (χ2n) is 5.55. The van der Waals surface area contributed by atoms with E-state index in [1.807, 2.05) is 20.9 Å². The van der Waals surface area contributed by atoms with Crippen LogP contribution in [0.1, 0.15) is 73.1 Å². The predicted molar refractivity (Wildman–Crippen MR) is 90.2 cm³/mol. The van der Waals surface area contributed by atoms with Crippen LogP contribution in [0.2, 0.25) is 0 Å². The maximum absolute atomic E-state index is 11.8. The van der Waals surface area contributed by atoms with E-state index in [1.165, 1.54) is 0 Å². The standard InChI is InChI=1S/C15H30N2O2.C2H6/c1-5-6-11-16-14(18)9-10-15(19)17(4)12-7-8-13(2)3;1-2/h13H,5-12H2,1-4H3,(H,16,18);1-2H3. The molecule has 0 unspecified atom stereocenters. The maximum Gasteiger partial charge on any atom is 0.222 e. The minimum atomic E-state index is -0.0163. The van der Waals surface area contributed by atoms with E-state index >= 15 is 0 Å². The molecule has 0 spiro atoms. The lowest BCUT2D eigenvalue weighted by atomic mass is 10.1. The Hall–Kier alpha value is -1.06. The lowest BCUT2D eigenvalue weighted by Gasteiger charge is -2.17. The Labute approximate surface area is 131 Å². The molecule has 0 aliphatic heterocycles. The minimum Gasteiger partial charge on any atom is -0.356 e. The van der Waals surface area contributed by atoms with Crippen molar-refractivity contribution in [2.45, 2.75) is 73.1 Å². The van der Waals surface area contributed by atoms with Gasteiger partial charge in [0.2, 0.25) is 11.8 Å².